The number of fused-ring (bicyclic) bond motifs is 8. The number of carbonyl (C=O) groups excluding carboxylic acids is 2. The van der Waals surface area contributed by atoms with Crippen LogP contribution >= 0.6 is 0 Å². The molecule has 1 aromatic heterocycles. The third kappa shape index (κ3) is 4.10. The number of hydrogen-bond acceptors (Lipinski definition) is 8. The zero-order valence-electron chi connectivity index (χ0n) is 21.4. The van der Waals surface area contributed by atoms with Crippen molar-refractivity contribution in [2.45, 2.75) is 38.3 Å². The molecule has 2 saturated heterocycles. The van der Waals surface area contributed by atoms with Crippen molar-refractivity contribution >= 4 is 23.4 Å². The molecule has 2 amide bonds. The monoisotopic (exact) mass is 522 g/mol. The van der Waals surface area contributed by atoms with Gasteiger partial charge in [-0.2, -0.15) is 0 Å². The maximum Gasteiger partial charge on any atom is 0.409 e. The molecule has 0 aliphatic carbocycles. The number of anilines is 2. The molecule has 38 heavy (non-hydrogen) atoms. The summed E-state index contributed by atoms with van der Waals surface area (Å²) >= 11 is 0. The first-order valence-corrected chi connectivity index (χ1v) is 13.3. The van der Waals surface area contributed by atoms with Crippen LogP contribution in [-0.4, -0.2) is 76.9 Å². The Labute approximate surface area is 220 Å². The Morgan fingerprint density at radius 3 is 2.61 bits per heavy atom. The summed E-state index contributed by atoms with van der Waals surface area (Å²) in [5.74, 6) is -0.0927. The number of aromatic nitrogens is 1. The molecule has 0 spiro atoms. The Balaban J connectivity index is 1.33. The van der Waals surface area contributed by atoms with Crippen LogP contribution in [-0.2, 0) is 22.5 Å². The van der Waals surface area contributed by atoms with E-state index in [0.717, 1.165) is 23.4 Å². The highest BCUT2D eigenvalue weighted by Crippen LogP contribution is 2.48. The van der Waals surface area contributed by atoms with Crippen molar-refractivity contribution in [2.75, 3.05) is 49.5 Å². The van der Waals surface area contributed by atoms with Crippen LogP contribution in [0.25, 0.3) is 0 Å². The van der Waals surface area contributed by atoms with Gasteiger partial charge in [0.05, 0.1) is 18.2 Å². The summed E-state index contributed by atoms with van der Waals surface area (Å²) < 4.78 is 6.99. The molecule has 4 atom stereocenters. The minimum Gasteiger partial charge on any atom is -0.733 e. The minimum absolute atomic E-state index is 0.0112. The maximum absolute atomic E-state index is 14.1. The van der Waals surface area contributed by atoms with Crippen molar-refractivity contribution in [1.29, 1.82) is 0 Å². The van der Waals surface area contributed by atoms with E-state index in [9.17, 15) is 24.8 Å². The topological polar surface area (TPSA) is 122 Å². The van der Waals surface area contributed by atoms with Gasteiger partial charge in [-0.1, -0.05) is 6.07 Å². The molecule has 0 saturated carbocycles. The smallest absolute Gasteiger partial charge is 0.409 e. The van der Waals surface area contributed by atoms with E-state index in [1.165, 1.54) is 0 Å². The zero-order valence-corrected chi connectivity index (χ0v) is 21.4. The lowest BCUT2D eigenvalue weighted by atomic mass is 9.69. The lowest BCUT2D eigenvalue weighted by Gasteiger charge is -2.55. The number of benzene rings is 1. The van der Waals surface area contributed by atoms with Crippen molar-refractivity contribution in [3.63, 3.8) is 0 Å². The Bertz CT molecular complexity index is 1300. The number of ether oxygens (including phenoxy) is 1. The van der Waals surface area contributed by atoms with Crippen LogP contribution in [0.5, 0.6) is 0 Å². The summed E-state index contributed by atoms with van der Waals surface area (Å²) in [6.07, 6.45) is 0.983. The second-order valence-electron chi connectivity index (χ2n) is 10.6. The molecular weight excluding hydrogens is 490 g/mol. The molecule has 11 heteroatoms. The number of carbonyl (C=O) groups is 2. The van der Waals surface area contributed by atoms with Gasteiger partial charge in [0.15, 0.2) is 0 Å². The summed E-state index contributed by atoms with van der Waals surface area (Å²) in [4.78, 5) is 44.7. The molecule has 4 aliphatic rings. The summed E-state index contributed by atoms with van der Waals surface area (Å²) in [7, 11) is 0. The lowest BCUT2D eigenvalue weighted by molar-refractivity contribution is -0.139. The highest BCUT2D eigenvalue weighted by Gasteiger charge is 2.50. The summed E-state index contributed by atoms with van der Waals surface area (Å²) in [5.41, 5.74) is 2.96. The van der Waals surface area contributed by atoms with Crippen molar-refractivity contribution in [3.05, 3.63) is 63.2 Å². The third-order valence-electron chi connectivity index (χ3n) is 8.65. The second kappa shape index (κ2) is 9.63. The summed E-state index contributed by atoms with van der Waals surface area (Å²) in [6, 6.07) is 10.4. The largest absolute Gasteiger partial charge is 0.733 e. The molecule has 202 valence electrons. The number of piperidine rings is 1. The summed E-state index contributed by atoms with van der Waals surface area (Å²) in [5, 5.41) is 21.0. The molecule has 2 fully saturated rings. The van der Waals surface area contributed by atoms with E-state index < -0.39 is 0 Å². The van der Waals surface area contributed by atoms with Gasteiger partial charge in [-0.05, 0) is 55.5 Å². The number of hydrogen-bond donors (Lipinski definition) is 1. The molecule has 5 heterocycles. The number of amides is 2. The quantitative estimate of drug-likeness (QED) is 0.608. The first kappa shape index (κ1) is 24.7. The Morgan fingerprint density at radius 2 is 1.87 bits per heavy atom. The van der Waals surface area contributed by atoms with E-state index in [1.54, 1.807) is 30.0 Å². The van der Waals surface area contributed by atoms with Crippen LogP contribution in [0.15, 0.2) is 41.2 Å². The highest BCUT2D eigenvalue weighted by atomic mass is 16.8. The SMILES string of the molecule is CCOC(=O)N1CCN(C(=O)[C@@H]2Cc3cc(N([O-])O)ccc3N3CC4CC(Cn5c4cccc5=O)[C@@H]23)CC1. The Kier molecular flexibility index (Phi) is 6.27. The van der Waals surface area contributed by atoms with Gasteiger partial charge in [-0.25, -0.2) is 4.79 Å². The zero-order chi connectivity index (χ0) is 26.6. The van der Waals surface area contributed by atoms with Gasteiger partial charge < -0.3 is 34.4 Å². The molecule has 2 aromatic rings. The van der Waals surface area contributed by atoms with E-state index in [-0.39, 0.29) is 52.3 Å². The van der Waals surface area contributed by atoms with Crippen LogP contribution in [0.4, 0.5) is 16.2 Å². The van der Waals surface area contributed by atoms with E-state index in [4.69, 9.17) is 4.74 Å². The third-order valence-corrected chi connectivity index (χ3v) is 8.65. The molecule has 1 N–H and O–H groups in total. The van der Waals surface area contributed by atoms with Gasteiger partial charge in [0.1, 0.15) is 0 Å². The lowest BCUT2D eigenvalue weighted by Crippen LogP contribution is -2.62. The van der Waals surface area contributed by atoms with Crippen LogP contribution in [0.3, 0.4) is 0 Å². The molecule has 2 unspecified atom stereocenters. The van der Waals surface area contributed by atoms with Crippen LogP contribution < -0.4 is 15.7 Å². The predicted octanol–water partition coefficient (Wildman–Crippen LogP) is 2.01. The molecule has 2 bridgehead atoms. The van der Waals surface area contributed by atoms with Gasteiger partial charge in [0, 0.05) is 68.7 Å². The average molecular weight is 523 g/mol. The van der Waals surface area contributed by atoms with E-state index in [0.29, 0.717) is 52.3 Å². The first-order chi connectivity index (χ1) is 18.4. The van der Waals surface area contributed by atoms with E-state index >= 15 is 0 Å². The number of rotatable bonds is 3. The number of pyridine rings is 1. The maximum atomic E-state index is 14.1. The van der Waals surface area contributed by atoms with Crippen molar-refractivity contribution in [2.24, 2.45) is 11.8 Å². The van der Waals surface area contributed by atoms with Crippen LogP contribution in [0.1, 0.15) is 30.5 Å². The Hall–Kier alpha value is -3.57. The fraction of sp³-hybridized carbons (Fsp3) is 0.519. The fourth-order valence-electron chi connectivity index (χ4n) is 7.00. The predicted molar refractivity (Wildman–Crippen MR) is 139 cm³/mol. The summed E-state index contributed by atoms with van der Waals surface area (Å²) in [6.45, 7) is 4.98. The van der Waals surface area contributed by atoms with E-state index in [1.807, 2.05) is 27.7 Å². The standard InChI is InChI=1S/C27H32N5O6/c1-2-38-27(35)29-10-8-28(9-11-29)26(34)21-14-17-13-20(32(36)37)6-7-23(17)31-15-18-12-19(25(21)31)16-30-22(18)4-3-5-24(30)33/h3-7,13,18-19,21,25,36H,2,8-12,14-16H2,1H3/q-1/t18?,19?,21-,25+/m1/s1. The van der Waals surface area contributed by atoms with Gasteiger partial charge >= 0.3 is 6.09 Å². The molecule has 1 aromatic carbocycles. The fourth-order valence-corrected chi connectivity index (χ4v) is 7.00. The normalized spacial score (nSPS) is 25.7. The average Bonchev–Trinajstić information content (AvgIpc) is 2.92. The second-order valence-corrected chi connectivity index (χ2v) is 10.6. The van der Waals surface area contributed by atoms with Crippen molar-refractivity contribution < 1.29 is 19.5 Å². The Morgan fingerprint density at radius 1 is 1.11 bits per heavy atom. The molecule has 11 nitrogen and oxygen atoms in total. The van der Waals surface area contributed by atoms with Gasteiger partial charge in [-0.3, -0.25) is 14.8 Å². The molecule has 6 rings (SSSR count). The van der Waals surface area contributed by atoms with Crippen molar-refractivity contribution in [1.82, 2.24) is 14.4 Å². The van der Waals surface area contributed by atoms with Crippen LogP contribution in [0.2, 0.25) is 0 Å². The van der Waals surface area contributed by atoms with Crippen molar-refractivity contribution in [3.8, 4) is 0 Å². The number of nitrogens with zero attached hydrogens (tertiary/aromatic N) is 5. The van der Waals surface area contributed by atoms with E-state index in [2.05, 4.69) is 4.90 Å². The highest BCUT2D eigenvalue weighted by molar-refractivity contribution is 5.83. The van der Waals surface area contributed by atoms with Crippen LogP contribution in [0, 0.1) is 17.0 Å². The van der Waals surface area contributed by atoms with Gasteiger partial charge in [-0.15, -0.1) is 0 Å². The van der Waals surface area contributed by atoms with Gasteiger partial charge in [0.25, 0.3) is 5.56 Å². The molecule has 0 radical (unpaired) electrons. The first-order valence-electron chi connectivity index (χ1n) is 13.3. The van der Waals surface area contributed by atoms with Gasteiger partial charge in [0.2, 0.25) is 5.91 Å². The minimum atomic E-state index is -0.377. The number of piperazine rings is 1. The molecular formula is C27H32N5O6-. The molecule has 4 aliphatic heterocycles.